The molecule has 7 N–H and O–H groups in total. The molecule has 1 amide bonds. The Balaban J connectivity index is 0.00000141. The van der Waals surface area contributed by atoms with Crippen molar-refractivity contribution in [1.82, 2.24) is 10.6 Å². The van der Waals surface area contributed by atoms with E-state index in [1.165, 1.54) is 18.2 Å². The summed E-state index contributed by atoms with van der Waals surface area (Å²) in [4.78, 5) is 31.9. The zero-order chi connectivity index (χ0) is 22.7. The van der Waals surface area contributed by atoms with Crippen LogP contribution in [0.5, 0.6) is 5.75 Å². The number of carboxylic acid groups (broad SMARTS) is 2. The minimum atomic E-state index is -1.90. The van der Waals surface area contributed by atoms with Crippen LogP contribution in [0.2, 0.25) is 0 Å². The molecular weight excluding hydrogens is 395 g/mol. The molecule has 160 valence electrons. The number of hydrogen-bond acceptors (Lipinski definition) is 7. The van der Waals surface area contributed by atoms with E-state index in [0.29, 0.717) is 12.1 Å². The summed E-state index contributed by atoms with van der Waals surface area (Å²) in [6, 6.07) is 11.0. The van der Waals surface area contributed by atoms with Gasteiger partial charge < -0.3 is 36.0 Å². The van der Waals surface area contributed by atoms with E-state index in [-0.39, 0.29) is 24.0 Å². The molecule has 2 rings (SSSR count). The molecule has 0 fully saturated rings. The summed E-state index contributed by atoms with van der Waals surface area (Å²) in [5.74, 6) is -3.43. The van der Waals surface area contributed by atoms with E-state index in [1.807, 2.05) is 6.07 Å². The summed E-state index contributed by atoms with van der Waals surface area (Å²) in [5.41, 5.74) is 1.11. The maximum atomic E-state index is 12.5. The average Bonchev–Trinajstić information content (AvgIpc) is 2.69. The molecule has 0 saturated carbocycles. The molecule has 0 bridgehead atoms. The van der Waals surface area contributed by atoms with Gasteiger partial charge in [-0.2, -0.15) is 0 Å². The number of nitrogens with one attached hydrogen (secondary N) is 2. The van der Waals surface area contributed by atoms with Crippen molar-refractivity contribution in [3.05, 3.63) is 64.7 Å². The minimum Gasteiger partial charge on any atom is -0.507 e. The zero-order valence-corrected chi connectivity index (χ0v) is 16.1. The molecule has 2 aromatic carbocycles. The number of phenols is 1. The Bertz CT molecular complexity index is 875. The molecular formula is C19H23BN2O8. The van der Waals surface area contributed by atoms with Crippen molar-refractivity contribution in [2.45, 2.75) is 18.9 Å². The number of carbonyl (C=O) groups excluding carboxylic acids is 1. The number of amides is 1. The van der Waals surface area contributed by atoms with Crippen molar-refractivity contribution in [2.75, 3.05) is 7.05 Å². The Labute approximate surface area is 172 Å². The third-order valence-corrected chi connectivity index (χ3v) is 4.04. The predicted octanol–water partition coefficient (Wildman–Crippen LogP) is -0.136. The lowest BCUT2D eigenvalue weighted by molar-refractivity contribution is -0.122. The topological polar surface area (TPSA) is 176 Å². The van der Waals surface area contributed by atoms with Gasteiger partial charge in [0.15, 0.2) is 0 Å². The first-order valence-electron chi connectivity index (χ1n) is 8.77. The van der Waals surface area contributed by atoms with Gasteiger partial charge in [0.1, 0.15) is 11.3 Å². The fraction of sp³-hybridized carbons (Fsp3) is 0.211. The largest absolute Gasteiger partial charge is 0.507 e. The normalized spacial score (nSPS) is 10.9. The third kappa shape index (κ3) is 7.20. The molecule has 0 saturated heterocycles. The number of aromatic hydroxyl groups is 1. The average molecular weight is 418 g/mol. The van der Waals surface area contributed by atoms with Gasteiger partial charge in [-0.25, -0.2) is 4.79 Å². The summed E-state index contributed by atoms with van der Waals surface area (Å²) < 4.78 is 0. The van der Waals surface area contributed by atoms with Crippen LogP contribution in [0.25, 0.3) is 0 Å². The third-order valence-electron chi connectivity index (χ3n) is 4.04. The number of hydrogen-bond donors (Lipinski definition) is 7. The molecule has 0 radical (unpaired) electrons. The van der Waals surface area contributed by atoms with Gasteiger partial charge in [-0.1, -0.05) is 24.3 Å². The van der Waals surface area contributed by atoms with Crippen molar-refractivity contribution < 1.29 is 39.8 Å². The van der Waals surface area contributed by atoms with Crippen molar-refractivity contribution in [2.24, 2.45) is 0 Å². The predicted molar refractivity (Wildman–Crippen MR) is 108 cm³/mol. The Morgan fingerprint density at radius 1 is 1.17 bits per heavy atom. The number of carbonyl (C=O) groups is 3. The van der Waals surface area contributed by atoms with Gasteiger partial charge in [0.2, 0.25) is 0 Å². The Morgan fingerprint density at radius 3 is 2.37 bits per heavy atom. The van der Waals surface area contributed by atoms with Crippen LogP contribution in [0.1, 0.15) is 31.8 Å². The van der Waals surface area contributed by atoms with E-state index < -0.39 is 30.7 Å². The number of para-hydroxylation sites is 1. The van der Waals surface area contributed by atoms with Crippen molar-refractivity contribution in [3.8, 4) is 5.75 Å². The molecule has 30 heavy (non-hydrogen) atoms. The second-order valence-electron chi connectivity index (χ2n) is 6.15. The fourth-order valence-electron chi connectivity index (χ4n) is 2.67. The maximum absolute atomic E-state index is 12.5. The second kappa shape index (κ2) is 12.2. The molecule has 11 heteroatoms. The van der Waals surface area contributed by atoms with E-state index in [1.54, 1.807) is 25.2 Å². The number of rotatable bonds is 8. The van der Waals surface area contributed by atoms with Crippen LogP contribution in [0.15, 0.2) is 42.5 Å². The summed E-state index contributed by atoms with van der Waals surface area (Å²) >= 11 is 0. The van der Waals surface area contributed by atoms with Crippen molar-refractivity contribution >= 4 is 25.5 Å². The molecule has 2 aromatic rings. The number of benzene rings is 2. The Hall–Kier alpha value is -3.41. The van der Waals surface area contributed by atoms with Gasteiger partial charge in [0, 0.05) is 12.1 Å². The molecule has 0 aliphatic heterocycles. The van der Waals surface area contributed by atoms with E-state index in [4.69, 9.17) is 15.0 Å². The molecule has 0 unspecified atom stereocenters. The summed E-state index contributed by atoms with van der Waals surface area (Å²) in [6.45, 7) is 0.322. The standard InChI is InChI=1S/C18H21BN2O6.CH2O2/c1-20-10-11-4-2-6-13(8-11)17(23)21-15(19(26)27)9-12-5-3-7-14(16(12)22)18(24)25;2-1-3/h2-8,15,20,22,26-27H,9-10H2,1H3,(H,21,23)(H,24,25);1H,(H,2,3)/t15-;/m0./s1. The SMILES string of the molecule is CNCc1cccc(C(=O)N[C@@H](Cc2cccc(C(=O)O)c2O)B(O)O)c1.O=CO. The van der Waals surface area contributed by atoms with E-state index in [9.17, 15) is 24.7 Å². The highest BCUT2D eigenvalue weighted by molar-refractivity contribution is 6.43. The first kappa shape index (κ1) is 24.6. The number of carboxylic acids is 1. The molecule has 0 aromatic heterocycles. The fourth-order valence-corrected chi connectivity index (χ4v) is 2.67. The first-order valence-corrected chi connectivity index (χ1v) is 8.77. The van der Waals surface area contributed by atoms with Gasteiger partial charge in [-0.3, -0.25) is 9.59 Å². The van der Waals surface area contributed by atoms with E-state index in [2.05, 4.69) is 10.6 Å². The minimum absolute atomic E-state index is 0.160. The highest BCUT2D eigenvalue weighted by Gasteiger charge is 2.28. The molecule has 0 heterocycles. The number of aromatic carboxylic acids is 1. The molecule has 10 nitrogen and oxygen atoms in total. The van der Waals surface area contributed by atoms with Crippen LogP contribution in [0, 0.1) is 0 Å². The van der Waals surface area contributed by atoms with Crippen LogP contribution >= 0.6 is 0 Å². The van der Waals surface area contributed by atoms with Gasteiger partial charge in [-0.15, -0.1) is 0 Å². The highest BCUT2D eigenvalue weighted by Crippen LogP contribution is 2.24. The van der Waals surface area contributed by atoms with Crippen LogP contribution in [-0.2, 0) is 17.8 Å². The Kier molecular flexibility index (Phi) is 10.0. The molecule has 1 atom stereocenters. The highest BCUT2D eigenvalue weighted by atomic mass is 16.4. The van der Waals surface area contributed by atoms with Gasteiger partial charge in [0.25, 0.3) is 12.4 Å². The van der Waals surface area contributed by atoms with Crippen LogP contribution in [-0.4, -0.2) is 63.8 Å². The maximum Gasteiger partial charge on any atom is 0.475 e. The van der Waals surface area contributed by atoms with Gasteiger partial charge in [0.05, 0.1) is 5.94 Å². The van der Waals surface area contributed by atoms with Gasteiger partial charge >= 0.3 is 13.1 Å². The lowest BCUT2D eigenvalue weighted by atomic mass is 9.75. The first-order chi connectivity index (χ1) is 14.2. The van der Waals surface area contributed by atoms with Crippen molar-refractivity contribution in [1.29, 1.82) is 0 Å². The Morgan fingerprint density at radius 2 is 1.80 bits per heavy atom. The van der Waals surface area contributed by atoms with Gasteiger partial charge in [-0.05, 0) is 42.8 Å². The van der Waals surface area contributed by atoms with E-state index >= 15 is 0 Å². The van der Waals surface area contributed by atoms with Crippen LogP contribution in [0.4, 0.5) is 0 Å². The van der Waals surface area contributed by atoms with Crippen LogP contribution < -0.4 is 10.6 Å². The zero-order valence-electron chi connectivity index (χ0n) is 16.1. The summed E-state index contributed by atoms with van der Waals surface area (Å²) in [7, 11) is -0.120. The smallest absolute Gasteiger partial charge is 0.475 e. The summed E-state index contributed by atoms with van der Waals surface area (Å²) in [6.07, 6.45) is -0.160. The van der Waals surface area contributed by atoms with Crippen LogP contribution in [0.3, 0.4) is 0 Å². The molecule has 0 spiro atoms. The van der Waals surface area contributed by atoms with Crippen molar-refractivity contribution in [3.63, 3.8) is 0 Å². The molecule has 0 aliphatic carbocycles. The molecule has 0 aliphatic rings. The quantitative estimate of drug-likeness (QED) is 0.227. The lowest BCUT2D eigenvalue weighted by Gasteiger charge is -2.19. The lowest BCUT2D eigenvalue weighted by Crippen LogP contribution is -2.48. The second-order valence-corrected chi connectivity index (χ2v) is 6.15. The monoisotopic (exact) mass is 418 g/mol. The summed E-state index contributed by atoms with van der Waals surface area (Å²) in [5, 5.41) is 50.7. The van der Waals surface area contributed by atoms with E-state index in [0.717, 1.165) is 5.56 Å².